The lowest BCUT2D eigenvalue weighted by Gasteiger charge is -2.13. The molecular weight excluding hydrogens is 526 g/mol. The van der Waals surface area contributed by atoms with E-state index in [9.17, 15) is 14.4 Å². The molecule has 3 aromatic rings. The summed E-state index contributed by atoms with van der Waals surface area (Å²) in [6.45, 7) is 3.62. The minimum Gasteiger partial charge on any atom is -0.481 e. The van der Waals surface area contributed by atoms with Crippen molar-refractivity contribution in [1.82, 2.24) is 5.43 Å². The van der Waals surface area contributed by atoms with E-state index in [1.807, 2.05) is 6.07 Å². The predicted octanol–water partition coefficient (Wildman–Crippen LogP) is 5.63. The summed E-state index contributed by atoms with van der Waals surface area (Å²) in [6.07, 6.45) is 4.40. The molecule has 0 unspecified atom stereocenters. The van der Waals surface area contributed by atoms with Crippen molar-refractivity contribution in [3.05, 3.63) is 80.7 Å². The van der Waals surface area contributed by atoms with Gasteiger partial charge in [-0.3, -0.25) is 9.59 Å². The van der Waals surface area contributed by atoms with Crippen molar-refractivity contribution in [2.75, 3.05) is 11.9 Å². The fourth-order valence-corrected chi connectivity index (χ4v) is 5.48. The zero-order valence-electron chi connectivity index (χ0n) is 21.1. The number of carbonyl (C=O) groups excluding carboxylic acids is 3. The molecule has 8 nitrogen and oxygen atoms in total. The van der Waals surface area contributed by atoms with Gasteiger partial charge in [0.05, 0.1) is 18.4 Å². The van der Waals surface area contributed by atoms with E-state index in [4.69, 9.17) is 21.1 Å². The Balaban J connectivity index is 1.37. The van der Waals surface area contributed by atoms with Crippen LogP contribution in [0.2, 0.25) is 5.02 Å². The van der Waals surface area contributed by atoms with Gasteiger partial charge in [0.1, 0.15) is 10.8 Å². The normalized spacial score (nSPS) is 13.4. The molecule has 1 aliphatic rings. The quantitative estimate of drug-likeness (QED) is 0.203. The molecule has 0 spiro atoms. The molecular formula is C28H28ClN3O5S. The molecule has 0 radical (unpaired) electrons. The third-order valence-corrected chi connectivity index (χ3v) is 7.51. The van der Waals surface area contributed by atoms with Gasteiger partial charge in [-0.05, 0) is 75.4 Å². The zero-order valence-corrected chi connectivity index (χ0v) is 22.7. The number of fused-ring (bicyclic) bond motifs is 1. The summed E-state index contributed by atoms with van der Waals surface area (Å²) in [5.74, 6) is -0.781. The van der Waals surface area contributed by atoms with E-state index in [1.165, 1.54) is 17.6 Å². The van der Waals surface area contributed by atoms with E-state index < -0.39 is 18.0 Å². The van der Waals surface area contributed by atoms with Crippen molar-refractivity contribution in [3.63, 3.8) is 0 Å². The highest BCUT2D eigenvalue weighted by molar-refractivity contribution is 7.17. The standard InChI is InChI=1S/C28H28ClN3O5S/c1-3-36-28(35)24-21-9-5-7-11-23(21)38-27(24)31-26(34)18-12-14-20(15-13-18)37-17(2)25(33)32-30-16-19-8-4-6-10-22(19)29/h4,6,8,10,12-17H,3,5,7,9,11H2,1-2H3,(H,31,34)(H,32,33)/b30-16-/t17-/m0/s1. The number of nitrogens with zero attached hydrogens (tertiary/aromatic N) is 1. The lowest BCUT2D eigenvalue weighted by Crippen LogP contribution is -2.33. The molecule has 2 N–H and O–H groups in total. The maximum absolute atomic E-state index is 13.0. The first-order chi connectivity index (χ1) is 18.4. The molecule has 38 heavy (non-hydrogen) atoms. The second kappa shape index (κ2) is 12.7. The van der Waals surface area contributed by atoms with Crippen molar-refractivity contribution in [2.24, 2.45) is 5.10 Å². The number of ether oxygens (including phenoxy) is 2. The molecule has 198 valence electrons. The van der Waals surface area contributed by atoms with Crippen LogP contribution in [0.1, 0.15) is 63.4 Å². The molecule has 0 aliphatic heterocycles. The van der Waals surface area contributed by atoms with Gasteiger partial charge in [-0.25, -0.2) is 10.2 Å². The molecule has 1 atom stereocenters. The highest BCUT2D eigenvalue weighted by Gasteiger charge is 2.27. The average molecular weight is 554 g/mol. The lowest BCUT2D eigenvalue weighted by molar-refractivity contribution is -0.127. The van der Waals surface area contributed by atoms with Crippen LogP contribution in [0.5, 0.6) is 5.75 Å². The summed E-state index contributed by atoms with van der Waals surface area (Å²) in [4.78, 5) is 39.1. The van der Waals surface area contributed by atoms with Crippen molar-refractivity contribution < 1.29 is 23.9 Å². The number of nitrogens with one attached hydrogen (secondary N) is 2. The molecule has 1 heterocycles. The predicted molar refractivity (Wildman–Crippen MR) is 149 cm³/mol. The highest BCUT2D eigenvalue weighted by Crippen LogP contribution is 2.38. The van der Waals surface area contributed by atoms with Crippen molar-refractivity contribution in [2.45, 2.75) is 45.6 Å². The highest BCUT2D eigenvalue weighted by atomic mass is 35.5. The lowest BCUT2D eigenvalue weighted by atomic mass is 9.95. The smallest absolute Gasteiger partial charge is 0.341 e. The van der Waals surface area contributed by atoms with Crippen LogP contribution >= 0.6 is 22.9 Å². The number of thiophene rings is 1. The van der Waals surface area contributed by atoms with Crippen LogP contribution in [0.3, 0.4) is 0 Å². The van der Waals surface area contributed by atoms with Crippen LogP contribution in [0.25, 0.3) is 0 Å². The summed E-state index contributed by atoms with van der Waals surface area (Å²) in [5.41, 5.74) is 4.95. The van der Waals surface area contributed by atoms with Gasteiger partial charge in [-0.15, -0.1) is 11.3 Å². The number of aryl methyl sites for hydroxylation is 1. The Hall–Kier alpha value is -3.69. The summed E-state index contributed by atoms with van der Waals surface area (Å²) < 4.78 is 10.9. The Kier molecular flexibility index (Phi) is 9.15. The number of halogens is 1. The summed E-state index contributed by atoms with van der Waals surface area (Å²) in [6, 6.07) is 13.5. The van der Waals surface area contributed by atoms with Gasteiger partial charge in [0.15, 0.2) is 6.10 Å². The van der Waals surface area contributed by atoms with Crippen LogP contribution < -0.4 is 15.5 Å². The molecule has 1 aliphatic carbocycles. The Bertz CT molecular complexity index is 1350. The first kappa shape index (κ1) is 27.3. The third kappa shape index (κ3) is 6.59. The third-order valence-electron chi connectivity index (χ3n) is 5.96. The van der Waals surface area contributed by atoms with E-state index in [2.05, 4.69) is 15.8 Å². The first-order valence-corrected chi connectivity index (χ1v) is 13.5. The monoisotopic (exact) mass is 553 g/mol. The fourth-order valence-electron chi connectivity index (χ4n) is 4.03. The van der Waals surface area contributed by atoms with Gasteiger partial charge < -0.3 is 14.8 Å². The van der Waals surface area contributed by atoms with Crippen molar-refractivity contribution in [3.8, 4) is 5.75 Å². The number of anilines is 1. The Morgan fingerprint density at radius 1 is 1.11 bits per heavy atom. The van der Waals surface area contributed by atoms with Gasteiger partial charge >= 0.3 is 5.97 Å². The van der Waals surface area contributed by atoms with Crippen LogP contribution in [-0.2, 0) is 22.4 Å². The summed E-state index contributed by atoms with van der Waals surface area (Å²) in [5, 5.41) is 7.85. The van der Waals surface area contributed by atoms with Gasteiger partial charge in [0.25, 0.3) is 11.8 Å². The molecule has 0 bridgehead atoms. The number of amides is 2. The van der Waals surface area contributed by atoms with Crippen LogP contribution in [0, 0.1) is 0 Å². The number of rotatable bonds is 9. The molecule has 4 rings (SSSR count). The number of esters is 1. The van der Waals surface area contributed by atoms with E-state index in [1.54, 1.807) is 56.3 Å². The van der Waals surface area contributed by atoms with E-state index in [0.717, 1.165) is 36.1 Å². The van der Waals surface area contributed by atoms with Crippen LogP contribution in [-0.4, -0.2) is 36.7 Å². The maximum atomic E-state index is 13.0. The molecule has 0 fully saturated rings. The molecule has 2 aromatic carbocycles. The first-order valence-electron chi connectivity index (χ1n) is 12.3. The summed E-state index contributed by atoms with van der Waals surface area (Å²) in [7, 11) is 0. The van der Waals surface area contributed by atoms with Crippen molar-refractivity contribution in [1.29, 1.82) is 0 Å². The number of carbonyl (C=O) groups is 3. The molecule has 0 saturated carbocycles. The Labute approximate surface area is 230 Å². The van der Waals surface area contributed by atoms with Gasteiger partial charge in [0, 0.05) is 21.0 Å². The maximum Gasteiger partial charge on any atom is 0.341 e. The largest absolute Gasteiger partial charge is 0.481 e. The topological polar surface area (TPSA) is 106 Å². The molecule has 1 aromatic heterocycles. The molecule has 10 heteroatoms. The number of hydrogen-bond acceptors (Lipinski definition) is 7. The Morgan fingerprint density at radius 3 is 2.58 bits per heavy atom. The summed E-state index contributed by atoms with van der Waals surface area (Å²) >= 11 is 7.51. The second-order valence-corrected chi connectivity index (χ2v) is 10.1. The van der Waals surface area contributed by atoms with Gasteiger partial charge in [-0.2, -0.15) is 5.10 Å². The number of hydrogen-bond donors (Lipinski definition) is 2. The van der Waals surface area contributed by atoms with E-state index in [0.29, 0.717) is 32.5 Å². The SMILES string of the molecule is CCOC(=O)c1c(NC(=O)c2ccc(O[C@@H](C)C(=O)N/N=C\c3ccccc3Cl)cc2)sc2c1CCCC2. The second-order valence-electron chi connectivity index (χ2n) is 8.63. The van der Waals surface area contributed by atoms with Crippen molar-refractivity contribution >= 4 is 51.9 Å². The minimum absolute atomic E-state index is 0.266. The van der Waals surface area contributed by atoms with E-state index in [-0.39, 0.29) is 12.5 Å². The molecule has 2 amide bonds. The Morgan fingerprint density at radius 2 is 1.84 bits per heavy atom. The van der Waals surface area contributed by atoms with Crippen LogP contribution in [0.15, 0.2) is 53.6 Å². The van der Waals surface area contributed by atoms with Crippen LogP contribution in [0.4, 0.5) is 5.00 Å². The molecule has 0 saturated heterocycles. The average Bonchev–Trinajstić information content (AvgIpc) is 3.28. The van der Waals surface area contributed by atoms with Gasteiger partial charge in [0.2, 0.25) is 0 Å². The van der Waals surface area contributed by atoms with E-state index >= 15 is 0 Å². The number of benzene rings is 2. The van der Waals surface area contributed by atoms with Gasteiger partial charge in [-0.1, -0.05) is 29.8 Å². The zero-order chi connectivity index (χ0) is 27.1. The number of hydrazone groups is 1. The minimum atomic E-state index is -0.831. The fraction of sp³-hybridized carbons (Fsp3) is 0.286.